The van der Waals surface area contributed by atoms with Gasteiger partial charge in [-0.1, -0.05) is 15.9 Å². The molecular weight excluding hydrogens is 360 g/mol. The fraction of sp³-hybridized carbons (Fsp3) is 0.118. The molecule has 0 amide bonds. The molecule has 3 rings (SSSR count). The molecule has 3 aromatic rings. The number of hydrogen-bond acceptors (Lipinski definition) is 4. The average molecular weight is 373 g/mol. The van der Waals surface area contributed by atoms with E-state index in [9.17, 15) is 9.59 Å². The number of carbonyl (C=O) groups is 1. The summed E-state index contributed by atoms with van der Waals surface area (Å²) < 4.78 is 7.18. The Kier molecular flexibility index (Phi) is 4.25. The zero-order valence-electron chi connectivity index (χ0n) is 12.3. The van der Waals surface area contributed by atoms with Crippen molar-refractivity contribution in [1.29, 1.82) is 0 Å². The van der Waals surface area contributed by atoms with Gasteiger partial charge in [0.25, 0.3) is 5.56 Å². The molecule has 6 heteroatoms. The molecular formula is C17H13BrN2O3. The van der Waals surface area contributed by atoms with Gasteiger partial charge in [0.15, 0.2) is 5.78 Å². The lowest BCUT2D eigenvalue weighted by atomic mass is 10.1. The topological polar surface area (TPSA) is 61.2 Å². The van der Waals surface area contributed by atoms with Crippen molar-refractivity contribution in [3.05, 3.63) is 69.2 Å². The minimum atomic E-state index is -0.238. The Hall–Kier alpha value is -2.47. The third-order valence-corrected chi connectivity index (χ3v) is 4.01. The van der Waals surface area contributed by atoms with Gasteiger partial charge in [0, 0.05) is 10.0 Å². The van der Waals surface area contributed by atoms with Gasteiger partial charge in [0.05, 0.1) is 30.9 Å². The van der Waals surface area contributed by atoms with Crippen LogP contribution >= 0.6 is 15.9 Å². The monoisotopic (exact) mass is 372 g/mol. The van der Waals surface area contributed by atoms with E-state index in [0.717, 1.165) is 4.47 Å². The van der Waals surface area contributed by atoms with Gasteiger partial charge in [-0.3, -0.25) is 14.2 Å². The number of nitrogens with zero attached hydrogens (tertiary/aromatic N) is 2. The van der Waals surface area contributed by atoms with Crippen molar-refractivity contribution in [2.24, 2.45) is 0 Å². The highest BCUT2D eigenvalue weighted by atomic mass is 79.9. The van der Waals surface area contributed by atoms with Crippen molar-refractivity contribution in [2.45, 2.75) is 6.54 Å². The average Bonchev–Trinajstić information content (AvgIpc) is 2.58. The van der Waals surface area contributed by atoms with Crippen molar-refractivity contribution >= 4 is 32.6 Å². The Morgan fingerprint density at radius 2 is 1.96 bits per heavy atom. The Labute approximate surface area is 140 Å². The van der Waals surface area contributed by atoms with Crippen LogP contribution in [0.15, 0.2) is 58.1 Å². The number of carbonyl (C=O) groups excluding carboxylic acids is 1. The fourth-order valence-corrected chi connectivity index (χ4v) is 2.63. The molecule has 0 bridgehead atoms. The molecule has 2 aromatic carbocycles. The molecule has 0 fully saturated rings. The minimum Gasteiger partial charge on any atom is -0.497 e. The highest BCUT2D eigenvalue weighted by molar-refractivity contribution is 9.10. The van der Waals surface area contributed by atoms with E-state index in [-0.39, 0.29) is 17.9 Å². The van der Waals surface area contributed by atoms with E-state index in [1.165, 1.54) is 10.9 Å². The predicted octanol–water partition coefficient (Wildman–Crippen LogP) is 3.05. The van der Waals surface area contributed by atoms with Crippen LogP contribution in [0.5, 0.6) is 5.75 Å². The van der Waals surface area contributed by atoms with Crippen LogP contribution in [0.1, 0.15) is 10.4 Å². The van der Waals surface area contributed by atoms with E-state index in [4.69, 9.17) is 4.74 Å². The van der Waals surface area contributed by atoms with Crippen molar-refractivity contribution in [1.82, 2.24) is 9.55 Å². The molecule has 0 radical (unpaired) electrons. The van der Waals surface area contributed by atoms with Gasteiger partial charge in [0.1, 0.15) is 5.75 Å². The maximum Gasteiger partial charge on any atom is 0.261 e. The van der Waals surface area contributed by atoms with E-state index >= 15 is 0 Å². The van der Waals surface area contributed by atoms with Crippen molar-refractivity contribution in [3.63, 3.8) is 0 Å². The van der Waals surface area contributed by atoms with Crippen molar-refractivity contribution in [3.8, 4) is 5.75 Å². The van der Waals surface area contributed by atoms with Gasteiger partial charge < -0.3 is 4.74 Å². The number of ether oxygens (including phenoxy) is 1. The Morgan fingerprint density at radius 1 is 1.22 bits per heavy atom. The molecule has 0 aliphatic rings. The first-order valence-corrected chi connectivity index (χ1v) is 7.70. The number of rotatable bonds is 4. The molecule has 1 heterocycles. The van der Waals surface area contributed by atoms with Crippen LogP contribution in [-0.2, 0) is 6.54 Å². The minimum absolute atomic E-state index is 0.0549. The number of ketones is 1. The van der Waals surface area contributed by atoms with Gasteiger partial charge in [-0.05, 0) is 42.5 Å². The van der Waals surface area contributed by atoms with Crippen molar-refractivity contribution < 1.29 is 9.53 Å². The summed E-state index contributed by atoms with van der Waals surface area (Å²) in [6, 6.07) is 12.1. The molecule has 0 spiro atoms. The first-order chi connectivity index (χ1) is 11.1. The normalized spacial score (nSPS) is 10.7. The molecule has 0 atom stereocenters. The number of halogens is 1. The smallest absolute Gasteiger partial charge is 0.261 e. The summed E-state index contributed by atoms with van der Waals surface area (Å²) in [5.41, 5.74) is 0.886. The molecule has 0 unspecified atom stereocenters. The second-order valence-corrected chi connectivity index (χ2v) is 5.91. The van der Waals surface area contributed by atoms with E-state index in [2.05, 4.69) is 20.9 Å². The molecule has 116 valence electrons. The number of aromatic nitrogens is 2. The molecule has 5 nitrogen and oxygen atoms in total. The molecule has 0 N–H and O–H groups in total. The zero-order chi connectivity index (χ0) is 16.4. The number of hydrogen-bond donors (Lipinski definition) is 0. The molecule has 0 saturated carbocycles. The van der Waals surface area contributed by atoms with Gasteiger partial charge >= 0.3 is 0 Å². The SMILES string of the molecule is COc1ccc(C(=O)Cn2cnc3ccc(Br)cc3c2=O)cc1. The summed E-state index contributed by atoms with van der Waals surface area (Å²) in [6.45, 7) is -0.0549. The lowest BCUT2D eigenvalue weighted by Crippen LogP contribution is -2.24. The van der Waals surface area contributed by atoms with Gasteiger partial charge in [0.2, 0.25) is 0 Å². The van der Waals surface area contributed by atoms with Crippen LogP contribution < -0.4 is 10.3 Å². The maximum atomic E-state index is 12.5. The standard InChI is InChI=1S/C17H13BrN2O3/c1-23-13-5-2-11(3-6-13)16(21)9-20-10-19-15-7-4-12(18)8-14(15)17(20)22/h2-8,10H,9H2,1H3. The van der Waals surface area contributed by atoms with Crippen LogP contribution in [0.4, 0.5) is 0 Å². The van der Waals surface area contributed by atoms with Gasteiger partial charge in [-0.2, -0.15) is 0 Å². The molecule has 23 heavy (non-hydrogen) atoms. The maximum absolute atomic E-state index is 12.5. The lowest BCUT2D eigenvalue weighted by Gasteiger charge is -2.07. The zero-order valence-corrected chi connectivity index (χ0v) is 13.9. The highest BCUT2D eigenvalue weighted by Crippen LogP contribution is 2.15. The highest BCUT2D eigenvalue weighted by Gasteiger charge is 2.10. The third kappa shape index (κ3) is 3.17. The van der Waals surface area contributed by atoms with Gasteiger partial charge in [-0.25, -0.2) is 4.98 Å². The molecule has 1 aromatic heterocycles. The van der Waals surface area contributed by atoms with E-state index in [0.29, 0.717) is 22.2 Å². The lowest BCUT2D eigenvalue weighted by molar-refractivity contribution is 0.0970. The van der Waals surface area contributed by atoms with Crippen LogP contribution in [0, 0.1) is 0 Å². The first kappa shape index (κ1) is 15.4. The first-order valence-electron chi connectivity index (χ1n) is 6.90. The van der Waals surface area contributed by atoms with Crippen LogP contribution in [0.2, 0.25) is 0 Å². The summed E-state index contributed by atoms with van der Waals surface area (Å²) in [6.07, 6.45) is 1.40. The number of methoxy groups -OCH3 is 1. The van der Waals surface area contributed by atoms with Gasteiger partial charge in [-0.15, -0.1) is 0 Å². The van der Waals surface area contributed by atoms with E-state index < -0.39 is 0 Å². The second kappa shape index (κ2) is 6.34. The number of Topliss-reactive ketones (excluding diaryl/α,β-unsaturated/α-hetero) is 1. The summed E-state index contributed by atoms with van der Waals surface area (Å²) in [5.74, 6) is 0.516. The van der Waals surface area contributed by atoms with Crippen LogP contribution in [0.3, 0.4) is 0 Å². The fourth-order valence-electron chi connectivity index (χ4n) is 2.27. The summed E-state index contributed by atoms with van der Waals surface area (Å²) >= 11 is 3.34. The molecule has 0 aliphatic heterocycles. The largest absolute Gasteiger partial charge is 0.497 e. The number of fused-ring (bicyclic) bond motifs is 1. The molecule has 0 aliphatic carbocycles. The number of benzene rings is 2. The Bertz CT molecular complexity index is 933. The predicted molar refractivity (Wildman–Crippen MR) is 91.0 cm³/mol. The summed E-state index contributed by atoms with van der Waals surface area (Å²) in [5, 5.41) is 0.476. The second-order valence-electron chi connectivity index (χ2n) is 4.99. The van der Waals surface area contributed by atoms with Crippen molar-refractivity contribution in [2.75, 3.05) is 7.11 Å². The quantitative estimate of drug-likeness (QED) is 0.660. The van der Waals surface area contributed by atoms with Crippen LogP contribution in [-0.4, -0.2) is 22.4 Å². The Balaban J connectivity index is 1.92. The summed E-state index contributed by atoms with van der Waals surface area (Å²) in [7, 11) is 1.56. The van der Waals surface area contributed by atoms with Crippen LogP contribution in [0.25, 0.3) is 10.9 Å². The summed E-state index contributed by atoms with van der Waals surface area (Å²) in [4.78, 5) is 29.0. The van der Waals surface area contributed by atoms with E-state index in [1.54, 1.807) is 43.5 Å². The van der Waals surface area contributed by atoms with E-state index in [1.807, 2.05) is 6.07 Å². The Morgan fingerprint density at radius 3 is 2.65 bits per heavy atom. The molecule has 0 saturated heterocycles. The third-order valence-electron chi connectivity index (χ3n) is 3.51.